The molecule has 2 heterocycles. The Bertz CT molecular complexity index is 895. The summed E-state index contributed by atoms with van der Waals surface area (Å²) in [5.41, 5.74) is 1.67. The molecular weight excluding hydrogens is 340 g/mol. The number of nitrogens with zero attached hydrogens (tertiary/aromatic N) is 5. The molecule has 7 heteroatoms. The molecule has 1 aliphatic carbocycles. The normalized spacial score (nSPS) is 15.7. The first kappa shape index (κ1) is 17.5. The van der Waals surface area contributed by atoms with Crippen molar-refractivity contribution >= 4 is 5.91 Å². The van der Waals surface area contributed by atoms with Gasteiger partial charge in [0.2, 0.25) is 0 Å². The molecule has 1 saturated carbocycles. The van der Waals surface area contributed by atoms with Crippen molar-refractivity contribution in [3.8, 4) is 0 Å². The van der Waals surface area contributed by atoms with Crippen molar-refractivity contribution in [2.75, 3.05) is 0 Å². The van der Waals surface area contributed by atoms with Crippen LogP contribution in [0.15, 0.2) is 49.1 Å². The first-order valence-electron chi connectivity index (χ1n) is 9.47. The van der Waals surface area contributed by atoms with Gasteiger partial charge in [0.15, 0.2) is 5.82 Å². The van der Waals surface area contributed by atoms with Crippen molar-refractivity contribution < 1.29 is 4.79 Å². The Kier molecular flexibility index (Phi) is 5.00. The summed E-state index contributed by atoms with van der Waals surface area (Å²) in [5, 5.41) is 15.6. The van der Waals surface area contributed by atoms with E-state index in [0.29, 0.717) is 18.2 Å². The number of amides is 1. The zero-order chi connectivity index (χ0) is 18.6. The van der Waals surface area contributed by atoms with Gasteiger partial charge in [-0.25, -0.2) is 0 Å². The van der Waals surface area contributed by atoms with Crippen LogP contribution in [0, 0.1) is 0 Å². The maximum Gasteiger partial charge on any atom is 0.251 e. The largest absolute Gasteiger partial charge is 0.342 e. The van der Waals surface area contributed by atoms with Gasteiger partial charge in [-0.2, -0.15) is 5.10 Å². The summed E-state index contributed by atoms with van der Waals surface area (Å²) < 4.78 is 3.97. The van der Waals surface area contributed by atoms with Crippen LogP contribution >= 0.6 is 0 Å². The lowest BCUT2D eigenvalue weighted by Gasteiger charge is -2.19. The van der Waals surface area contributed by atoms with Gasteiger partial charge in [-0.05, 0) is 43.5 Å². The van der Waals surface area contributed by atoms with Crippen molar-refractivity contribution in [1.29, 1.82) is 0 Å². The molecule has 0 saturated heterocycles. The number of nitrogens with one attached hydrogen (secondary N) is 1. The third-order valence-electron chi connectivity index (χ3n) is 5.15. The summed E-state index contributed by atoms with van der Waals surface area (Å²) in [4.78, 5) is 12.7. The van der Waals surface area contributed by atoms with E-state index in [1.807, 2.05) is 48.1 Å². The minimum Gasteiger partial charge on any atom is -0.342 e. The number of rotatable bonds is 6. The Balaban J connectivity index is 1.45. The molecule has 7 nitrogen and oxygen atoms in total. The molecule has 1 fully saturated rings. The van der Waals surface area contributed by atoms with Gasteiger partial charge in [-0.1, -0.05) is 25.0 Å². The standard InChI is InChI=1S/C20H24N6O/c1-15(19-24-21-14-26(19)18-8-2-3-9-18)23-20(27)17-7-4-6-16(12-17)13-25-11-5-10-22-25/h4-7,10-12,14-15,18H,2-3,8-9,13H2,1H3,(H,23,27)/t15-/m1/s1. The molecule has 27 heavy (non-hydrogen) atoms. The SMILES string of the molecule is C[C@@H](NC(=O)c1cccc(Cn2cccn2)c1)c1nncn1C1CCCC1. The van der Waals surface area contributed by atoms with Gasteiger partial charge in [0, 0.05) is 24.0 Å². The third kappa shape index (κ3) is 3.92. The molecule has 1 aromatic carbocycles. The highest BCUT2D eigenvalue weighted by molar-refractivity contribution is 5.94. The summed E-state index contributed by atoms with van der Waals surface area (Å²) >= 11 is 0. The minimum absolute atomic E-state index is 0.106. The van der Waals surface area contributed by atoms with Crippen molar-refractivity contribution in [2.24, 2.45) is 0 Å². The molecule has 4 rings (SSSR count). The monoisotopic (exact) mass is 364 g/mol. The molecule has 2 aromatic heterocycles. The number of aromatic nitrogens is 5. The van der Waals surface area contributed by atoms with Crippen LogP contribution in [0.2, 0.25) is 0 Å². The van der Waals surface area contributed by atoms with Crippen LogP contribution in [0.5, 0.6) is 0 Å². The van der Waals surface area contributed by atoms with Gasteiger partial charge in [-0.15, -0.1) is 10.2 Å². The van der Waals surface area contributed by atoms with Crippen molar-refractivity contribution in [3.05, 3.63) is 66.0 Å². The summed E-state index contributed by atoms with van der Waals surface area (Å²) in [5.74, 6) is 0.716. The zero-order valence-electron chi connectivity index (χ0n) is 15.5. The van der Waals surface area contributed by atoms with E-state index < -0.39 is 0 Å². The molecule has 3 aromatic rings. The Hall–Kier alpha value is -2.96. The van der Waals surface area contributed by atoms with Gasteiger partial charge in [0.1, 0.15) is 6.33 Å². The summed E-state index contributed by atoms with van der Waals surface area (Å²) in [6.07, 6.45) is 10.2. The van der Waals surface area contributed by atoms with Crippen LogP contribution in [-0.4, -0.2) is 30.5 Å². The Morgan fingerprint density at radius 1 is 1.30 bits per heavy atom. The van der Waals surface area contributed by atoms with E-state index in [0.717, 1.165) is 24.2 Å². The lowest BCUT2D eigenvalue weighted by atomic mass is 10.1. The molecule has 0 spiro atoms. The Labute approximate surface area is 158 Å². The minimum atomic E-state index is -0.199. The molecule has 140 valence electrons. The van der Waals surface area contributed by atoms with Crippen LogP contribution in [0.25, 0.3) is 0 Å². The highest BCUT2D eigenvalue weighted by atomic mass is 16.1. The summed E-state index contributed by atoms with van der Waals surface area (Å²) in [7, 11) is 0. The fraction of sp³-hybridized carbons (Fsp3) is 0.400. The molecule has 0 radical (unpaired) electrons. The van der Waals surface area contributed by atoms with Gasteiger partial charge in [0.05, 0.1) is 12.6 Å². The van der Waals surface area contributed by atoms with Gasteiger partial charge < -0.3 is 9.88 Å². The average molecular weight is 364 g/mol. The van der Waals surface area contributed by atoms with Gasteiger partial charge in [-0.3, -0.25) is 9.48 Å². The van der Waals surface area contributed by atoms with E-state index in [9.17, 15) is 4.79 Å². The van der Waals surface area contributed by atoms with Gasteiger partial charge in [0.25, 0.3) is 5.91 Å². The highest BCUT2D eigenvalue weighted by Gasteiger charge is 2.23. The highest BCUT2D eigenvalue weighted by Crippen LogP contribution is 2.31. The van der Waals surface area contributed by atoms with E-state index in [2.05, 4.69) is 25.2 Å². The third-order valence-corrected chi connectivity index (χ3v) is 5.15. The van der Waals surface area contributed by atoms with Crippen LogP contribution in [0.4, 0.5) is 0 Å². The van der Waals surface area contributed by atoms with Crippen LogP contribution in [-0.2, 0) is 6.54 Å². The molecule has 1 atom stereocenters. The Morgan fingerprint density at radius 3 is 2.93 bits per heavy atom. The molecule has 1 amide bonds. The van der Waals surface area contributed by atoms with E-state index >= 15 is 0 Å². The van der Waals surface area contributed by atoms with Crippen molar-refractivity contribution in [3.63, 3.8) is 0 Å². The Morgan fingerprint density at radius 2 is 2.15 bits per heavy atom. The van der Waals surface area contributed by atoms with E-state index in [1.165, 1.54) is 12.8 Å². The van der Waals surface area contributed by atoms with E-state index in [-0.39, 0.29) is 11.9 Å². The smallest absolute Gasteiger partial charge is 0.251 e. The van der Waals surface area contributed by atoms with Gasteiger partial charge >= 0.3 is 0 Å². The zero-order valence-corrected chi connectivity index (χ0v) is 15.5. The number of hydrogen-bond acceptors (Lipinski definition) is 4. The van der Waals surface area contributed by atoms with Crippen molar-refractivity contribution in [1.82, 2.24) is 29.9 Å². The molecular formula is C20H24N6O. The predicted octanol–water partition coefficient (Wildman–Crippen LogP) is 3.13. The lowest BCUT2D eigenvalue weighted by molar-refractivity contribution is 0.0937. The number of hydrogen-bond donors (Lipinski definition) is 1. The second kappa shape index (κ2) is 7.73. The number of carbonyl (C=O) groups is 1. The van der Waals surface area contributed by atoms with E-state index in [4.69, 9.17) is 0 Å². The quantitative estimate of drug-likeness (QED) is 0.729. The second-order valence-corrected chi connectivity index (χ2v) is 7.13. The number of carbonyl (C=O) groups excluding carboxylic acids is 1. The number of benzene rings is 1. The second-order valence-electron chi connectivity index (χ2n) is 7.13. The topological polar surface area (TPSA) is 77.6 Å². The fourth-order valence-corrected chi connectivity index (χ4v) is 3.76. The van der Waals surface area contributed by atoms with Crippen molar-refractivity contribution in [2.45, 2.75) is 51.2 Å². The molecule has 1 N–H and O–H groups in total. The first-order chi connectivity index (χ1) is 13.2. The lowest BCUT2D eigenvalue weighted by Crippen LogP contribution is -2.29. The summed E-state index contributed by atoms with van der Waals surface area (Å²) in [6, 6.07) is 9.78. The molecule has 0 aliphatic heterocycles. The fourth-order valence-electron chi connectivity index (χ4n) is 3.76. The van der Waals surface area contributed by atoms with Crippen LogP contribution < -0.4 is 5.32 Å². The maximum absolute atomic E-state index is 12.7. The molecule has 0 bridgehead atoms. The van der Waals surface area contributed by atoms with Crippen LogP contribution in [0.1, 0.15) is 66.4 Å². The molecule has 0 unspecified atom stereocenters. The molecule has 1 aliphatic rings. The summed E-state index contributed by atoms with van der Waals surface area (Å²) in [6.45, 7) is 2.60. The van der Waals surface area contributed by atoms with E-state index in [1.54, 1.807) is 12.5 Å². The maximum atomic E-state index is 12.7. The van der Waals surface area contributed by atoms with Crippen LogP contribution in [0.3, 0.4) is 0 Å². The average Bonchev–Trinajstić information content (AvgIpc) is 3.43. The predicted molar refractivity (Wildman–Crippen MR) is 101 cm³/mol. The first-order valence-corrected chi connectivity index (χ1v) is 9.47.